The molecule has 1 aliphatic heterocycles. The number of H-pyrrole nitrogens is 1. The first-order valence-electron chi connectivity index (χ1n) is 5.72. The zero-order chi connectivity index (χ0) is 12.5. The van der Waals surface area contributed by atoms with E-state index in [9.17, 15) is 13.2 Å². The van der Waals surface area contributed by atoms with E-state index in [1.54, 1.807) is 0 Å². The van der Waals surface area contributed by atoms with Gasteiger partial charge < -0.3 is 4.98 Å². The molecule has 94 valence electrons. The van der Waals surface area contributed by atoms with Crippen molar-refractivity contribution in [1.82, 2.24) is 9.29 Å². The minimum absolute atomic E-state index is 0.0284. The lowest BCUT2D eigenvalue weighted by molar-refractivity contribution is 0.268. The van der Waals surface area contributed by atoms with Crippen LogP contribution in [0.15, 0.2) is 28.0 Å². The van der Waals surface area contributed by atoms with E-state index in [0.717, 1.165) is 19.3 Å². The molecule has 6 heteroatoms. The van der Waals surface area contributed by atoms with Crippen molar-refractivity contribution in [2.24, 2.45) is 0 Å². The van der Waals surface area contributed by atoms with E-state index in [4.69, 9.17) is 0 Å². The molecule has 1 fully saturated rings. The maximum Gasteiger partial charge on any atom is 0.247 e. The fourth-order valence-corrected chi connectivity index (χ4v) is 3.79. The number of hydrogen-bond donors (Lipinski definition) is 1. The molecule has 1 N–H and O–H groups in total. The zero-order valence-corrected chi connectivity index (χ0v) is 10.5. The molecular weight excluding hydrogens is 240 g/mol. The van der Waals surface area contributed by atoms with Crippen molar-refractivity contribution in [3.63, 3.8) is 0 Å². The minimum atomic E-state index is -3.46. The van der Waals surface area contributed by atoms with Crippen LogP contribution in [0.2, 0.25) is 0 Å². The summed E-state index contributed by atoms with van der Waals surface area (Å²) in [6, 6.07) is 2.62. The van der Waals surface area contributed by atoms with Crippen LogP contribution in [0, 0.1) is 0 Å². The summed E-state index contributed by atoms with van der Waals surface area (Å²) in [5.74, 6) is 0. The predicted octanol–water partition coefficient (Wildman–Crippen LogP) is 0.938. The molecule has 2 heterocycles. The smallest absolute Gasteiger partial charge is 0.247 e. The molecule has 2 rings (SSSR count). The quantitative estimate of drug-likeness (QED) is 0.856. The van der Waals surface area contributed by atoms with Gasteiger partial charge in [-0.05, 0) is 25.8 Å². The number of rotatable bonds is 2. The number of nitrogens with one attached hydrogen (secondary N) is 1. The summed E-state index contributed by atoms with van der Waals surface area (Å²) in [7, 11) is -3.46. The molecule has 0 bridgehead atoms. The second-order valence-electron chi connectivity index (χ2n) is 4.35. The second-order valence-corrected chi connectivity index (χ2v) is 6.24. The SMILES string of the molecule is CC1CCCCN1S(=O)(=O)c1ccc(=O)[nH]c1. The Labute approximate surface area is 101 Å². The Balaban J connectivity index is 2.35. The maximum absolute atomic E-state index is 12.3. The summed E-state index contributed by atoms with van der Waals surface area (Å²) < 4.78 is 26.1. The standard InChI is InChI=1S/C11H16N2O3S/c1-9-4-2-3-7-13(9)17(15,16)10-5-6-11(14)12-8-10/h5-6,8-9H,2-4,7H2,1H3,(H,12,14). The Morgan fingerprint density at radius 3 is 2.71 bits per heavy atom. The van der Waals surface area contributed by atoms with Gasteiger partial charge in [0.1, 0.15) is 0 Å². The molecule has 0 saturated carbocycles. The molecule has 17 heavy (non-hydrogen) atoms. The van der Waals surface area contributed by atoms with Gasteiger partial charge in [-0.3, -0.25) is 4.79 Å². The number of nitrogens with zero attached hydrogens (tertiary/aromatic N) is 1. The largest absolute Gasteiger partial charge is 0.328 e. The number of piperidine rings is 1. The van der Waals surface area contributed by atoms with Gasteiger partial charge >= 0.3 is 0 Å². The Morgan fingerprint density at radius 1 is 1.35 bits per heavy atom. The van der Waals surface area contributed by atoms with E-state index in [2.05, 4.69) is 4.98 Å². The third kappa shape index (κ3) is 2.42. The van der Waals surface area contributed by atoms with Crippen molar-refractivity contribution in [3.8, 4) is 0 Å². The van der Waals surface area contributed by atoms with Gasteiger partial charge in [0.05, 0.1) is 4.90 Å². The lowest BCUT2D eigenvalue weighted by Gasteiger charge is -2.32. The monoisotopic (exact) mass is 256 g/mol. The first kappa shape index (κ1) is 12.3. The maximum atomic E-state index is 12.3. The summed E-state index contributed by atoms with van der Waals surface area (Å²) >= 11 is 0. The average Bonchev–Trinajstić information content (AvgIpc) is 2.30. The molecular formula is C11H16N2O3S. The highest BCUT2D eigenvalue weighted by Crippen LogP contribution is 2.23. The third-order valence-electron chi connectivity index (χ3n) is 3.10. The van der Waals surface area contributed by atoms with E-state index < -0.39 is 10.0 Å². The van der Waals surface area contributed by atoms with Crippen molar-refractivity contribution < 1.29 is 8.42 Å². The van der Waals surface area contributed by atoms with Crippen molar-refractivity contribution in [1.29, 1.82) is 0 Å². The summed E-state index contributed by atoms with van der Waals surface area (Å²) in [6.07, 6.45) is 4.12. The zero-order valence-electron chi connectivity index (χ0n) is 9.72. The van der Waals surface area contributed by atoms with Gasteiger partial charge in [0.25, 0.3) is 0 Å². The van der Waals surface area contributed by atoms with Crippen LogP contribution >= 0.6 is 0 Å². The molecule has 0 aliphatic carbocycles. The first-order valence-corrected chi connectivity index (χ1v) is 7.16. The molecule has 1 aromatic heterocycles. The fourth-order valence-electron chi connectivity index (χ4n) is 2.12. The molecule has 0 amide bonds. The Kier molecular flexibility index (Phi) is 3.35. The molecule has 1 aromatic rings. The van der Waals surface area contributed by atoms with Crippen LogP contribution in [0.3, 0.4) is 0 Å². The highest BCUT2D eigenvalue weighted by atomic mass is 32.2. The minimum Gasteiger partial charge on any atom is -0.328 e. The summed E-state index contributed by atoms with van der Waals surface area (Å²) in [6.45, 7) is 2.48. The summed E-state index contributed by atoms with van der Waals surface area (Å²) in [5, 5.41) is 0. The summed E-state index contributed by atoms with van der Waals surface area (Å²) in [4.78, 5) is 13.5. The Bertz CT molecular complexity index is 530. The number of aromatic nitrogens is 1. The van der Waals surface area contributed by atoms with Gasteiger partial charge in [0.15, 0.2) is 0 Å². The van der Waals surface area contributed by atoms with E-state index in [-0.39, 0.29) is 16.5 Å². The second kappa shape index (κ2) is 4.62. The molecule has 5 nitrogen and oxygen atoms in total. The average molecular weight is 256 g/mol. The lowest BCUT2D eigenvalue weighted by Crippen LogP contribution is -2.42. The van der Waals surface area contributed by atoms with Gasteiger partial charge in [-0.15, -0.1) is 0 Å². The van der Waals surface area contributed by atoms with Gasteiger partial charge in [-0.2, -0.15) is 4.31 Å². The first-order chi connectivity index (χ1) is 8.01. The van der Waals surface area contributed by atoms with Crippen LogP contribution in [0.4, 0.5) is 0 Å². The summed E-state index contributed by atoms with van der Waals surface area (Å²) in [5.41, 5.74) is -0.296. The van der Waals surface area contributed by atoms with Crippen molar-refractivity contribution in [3.05, 3.63) is 28.7 Å². The highest BCUT2D eigenvalue weighted by molar-refractivity contribution is 7.89. The normalized spacial score (nSPS) is 22.5. The van der Waals surface area contributed by atoms with Crippen molar-refractivity contribution in [2.75, 3.05) is 6.54 Å². The Morgan fingerprint density at radius 2 is 2.12 bits per heavy atom. The van der Waals surface area contributed by atoms with Crippen LogP contribution in [0.5, 0.6) is 0 Å². The van der Waals surface area contributed by atoms with Gasteiger partial charge in [-0.1, -0.05) is 6.42 Å². The van der Waals surface area contributed by atoms with Crippen molar-refractivity contribution >= 4 is 10.0 Å². The van der Waals surface area contributed by atoms with Gasteiger partial charge in [0, 0.05) is 24.8 Å². The molecule has 1 atom stereocenters. The van der Waals surface area contributed by atoms with E-state index in [1.165, 1.54) is 22.6 Å². The van der Waals surface area contributed by atoms with Gasteiger partial charge in [0.2, 0.25) is 15.6 Å². The van der Waals surface area contributed by atoms with Crippen LogP contribution in [0.1, 0.15) is 26.2 Å². The Hall–Kier alpha value is -1.14. The molecule has 1 unspecified atom stereocenters. The van der Waals surface area contributed by atoms with E-state index in [1.807, 2.05) is 6.92 Å². The molecule has 0 spiro atoms. The van der Waals surface area contributed by atoms with Crippen LogP contribution in [-0.2, 0) is 10.0 Å². The molecule has 1 saturated heterocycles. The van der Waals surface area contributed by atoms with E-state index >= 15 is 0 Å². The molecule has 0 aromatic carbocycles. The predicted molar refractivity (Wildman–Crippen MR) is 64.3 cm³/mol. The van der Waals surface area contributed by atoms with E-state index in [0.29, 0.717) is 6.54 Å². The number of hydrogen-bond acceptors (Lipinski definition) is 3. The fraction of sp³-hybridized carbons (Fsp3) is 0.545. The number of aromatic amines is 1. The molecule has 1 aliphatic rings. The van der Waals surface area contributed by atoms with Crippen LogP contribution in [0.25, 0.3) is 0 Å². The number of pyridine rings is 1. The topological polar surface area (TPSA) is 70.2 Å². The lowest BCUT2D eigenvalue weighted by atomic mass is 10.1. The molecule has 0 radical (unpaired) electrons. The van der Waals surface area contributed by atoms with Crippen LogP contribution < -0.4 is 5.56 Å². The van der Waals surface area contributed by atoms with Crippen molar-refractivity contribution in [2.45, 2.75) is 37.1 Å². The number of sulfonamides is 1. The van der Waals surface area contributed by atoms with Gasteiger partial charge in [-0.25, -0.2) is 8.42 Å². The third-order valence-corrected chi connectivity index (χ3v) is 5.11. The highest BCUT2D eigenvalue weighted by Gasteiger charge is 2.30. The van der Waals surface area contributed by atoms with Crippen LogP contribution in [-0.4, -0.2) is 30.3 Å².